The van der Waals surface area contributed by atoms with Gasteiger partial charge in [0.05, 0.1) is 16.7 Å². The lowest BCUT2D eigenvalue weighted by Crippen LogP contribution is -2.29. The highest BCUT2D eigenvalue weighted by molar-refractivity contribution is 6.04. The lowest BCUT2D eigenvalue weighted by atomic mass is 9.96. The summed E-state index contributed by atoms with van der Waals surface area (Å²) in [6, 6.07) is 16.5. The SMILES string of the molecule is O=C(COC(=O)C1(c2ccccc2)CC1)Nc1ccccc1C(=O)NC1CC1. The monoisotopic (exact) mass is 378 g/mol. The van der Waals surface area contributed by atoms with Gasteiger partial charge in [-0.2, -0.15) is 0 Å². The molecule has 2 amide bonds. The number of carbonyl (C=O) groups excluding carboxylic acids is 3. The fourth-order valence-corrected chi connectivity index (χ4v) is 3.23. The number of carbonyl (C=O) groups is 3. The van der Waals surface area contributed by atoms with Crippen molar-refractivity contribution in [1.29, 1.82) is 0 Å². The zero-order valence-corrected chi connectivity index (χ0v) is 15.4. The maximum absolute atomic E-state index is 12.5. The Bertz CT molecular complexity index is 902. The molecule has 2 aromatic carbocycles. The van der Waals surface area contributed by atoms with Gasteiger partial charge < -0.3 is 15.4 Å². The first-order chi connectivity index (χ1) is 13.6. The van der Waals surface area contributed by atoms with Crippen molar-refractivity contribution >= 4 is 23.5 Å². The van der Waals surface area contributed by atoms with Gasteiger partial charge in [0.1, 0.15) is 0 Å². The minimum atomic E-state index is -0.621. The molecule has 2 aliphatic carbocycles. The normalized spacial score (nSPS) is 16.7. The van der Waals surface area contributed by atoms with Crippen molar-refractivity contribution in [3.63, 3.8) is 0 Å². The van der Waals surface area contributed by atoms with Crippen LogP contribution in [0.4, 0.5) is 5.69 Å². The molecule has 0 heterocycles. The molecule has 2 saturated carbocycles. The molecule has 2 aliphatic rings. The number of rotatable bonds is 7. The van der Waals surface area contributed by atoms with E-state index in [1.807, 2.05) is 30.3 Å². The number of para-hydroxylation sites is 1. The molecule has 28 heavy (non-hydrogen) atoms. The van der Waals surface area contributed by atoms with E-state index < -0.39 is 11.3 Å². The molecule has 2 aromatic rings. The van der Waals surface area contributed by atoms with Gasteiger partial charge in [-0.3, -0.25) is 14.4 Å². The Morgan fingerprint density at radius 2 is 1.64 bits per heavy atom. The van der Waals surface area contributed by atoms with E-state index in [0.717, 1.165) is 31.2 Å². The smallest absolute Gasteiger partial charge is 0.317 e. The molecule has 0 aromatic heterocycles. The Kier molecular flexibility index (Phi) is 4.86. The molecule has 0 bridgehead atoms. The first-order valence-corrected chi connectivity index (χ1v) is 9.51. The summed E-state index contributed by atoms with van der Waals surface area (Å²) in [5.74, 6) is -1.06. The second-order valence-corrected chi connectivity index (χ2v) is 7.37. The molecular formula is C22H22N2O4. The van der Waals surface area contributed by atoms with Crippen LogP contribution in [-0.4, -0.2) is 30.4 Å². The molecular weight excluding hydrogens is 356 g/mol. The Morgan fingerprint density at radius 3 is 2.32 bits per heavy atom. The summed E-state index contributed by atoms with van der Waals surface area (Å²) in [4.78, 5) is 37.1. The minimum absolute atomic E-state index is 0.212. The van der Waals surface area contributed by atoms with E-state index in [1.54, 1.807) is 24.3 Å². The molecule has 144 valence electrons. The van der Waals surface area contributed by atoms with Crippen LogP contribution in [0.2, 0.25) is 0 Å². The van der Waals surface area contributed by atoms with Crippen LogP contribution in [0, 0.1) is 0 Å². The number of esters is 1. The fraction of sp³-hybridized carbons (Fsp3) is 0.318. The van der Waals surface area contributed by atoms with E-state index in [9.17, 15) is 14.4 Å². The molecule has 0 saturated heterocycles. The third kappa shape index (κ3) is 3.91. The predicted octanol–water partition coefficient (Wildman–Crippen LogP) is 2.79. The van der Waals surface area contributed by atoms with Crippen molar-refractivity contribution in [3.05, 3.63) is 65.7 Å². The average molecular weight is 378 g/mol. The van der Waals surface area contributed by atoms with Crippen LogP contribution in [-0.2, 0) is 19.7 Å². The molecule has 2 fully saturated rings. The standard InChI is InChI=1S/C22H22N2O4/c25-19(14-28-21(27)22(12-13-22)15-6-2-1-3-7-15)24-18-9-5-4-8-17(18)20(26)23-16-10-11-16/h1-9,16H,10-14H2,(H,23,26)(H,24,25). The third-order valence-corrected chi connectivity index (χ3v) is 5.16. The minimum Gasteiger partial charge on any atom is -0.455 e. The summed E-state index contributed by atoms with van der Waals surface area (Å²) in [5.41, 5.74) is 1.11. The zero-order chi connectivity index (χ0) is 19.6. The number of hydrogen-bond donors (Lipinski definition) is 2. The lowest BCUT2D eigenvalue weighted by Gasteiger charge is -2.15. The lowest BCUT2D eigenvalue weighted by molar-refractivity contribution is -0.150. The van der Waals surface area contributed by atoms with Crippen LogP contribution in [0.3, 0.4) is 0 Å². The van der Waals surface area contributed by atoms with Gasteiger partial charge in [0.25, 0.3) is 11.8 Å². The Balaban J connectivity index is 1.35. The van der Waals surface area contributed by atoms with Gasteiger partial charge in [0.15, 0.2) is 6.61 Å². The zero-order valence-electron chi connectivity index (χ0n) is 15.4. The van der Waals surface area contributed by atoms with Gasteiger partial charge in [0.2, 0.25) is 0 Å². The van der Waals surface area contributed by atoms with E-state index in [1.165, 1.54) is 0 Å². The number of benzene rings is 2. The largest absolute Gasteiger partial charge is 0.455 e. The van der Waals surface area contributed by atoms with Crippen LogP contribution in [0.15, 0.2) is 54.6 Å². The Hall–Kier alpha value is -3.15. The molecule has 2 N–H and O–H groups in total. The molecule has 0 aliphatic heterocycles. The fourth-order valence-electron chi connectivity index (χ4n) is 3.23. The van der Waals surface area contributed by atoms with Crippen LogP contribution in [0.25, 0.3) is 0 Å². The van der Waals surface area contributed by atoms with Crippen LogP contribution < -0.4 is 10.6 Å². The van der Waals surface area contributed by atoms with E-state index in [0.29, 0.717) is 11.3 Å². The maximum atomic E-state index is 12.5. The van der Waals surface area contributed by atoms with Crippen molar-refractivity contribution in [2.45, 2.75) is 37.1 Å². The van der Waals surface area contributed by atoms with E-state index >= 15 is 0 Å². The highest BCUT2D eigenvalue weighted by Gasteiger charge is 2.52. The van der Waals surface area contributed by atoms with E-state index in [4.69, 9.17) is 4.74 Å². The van der Waals surface area contributed by atoms with Gasteiger partial charge in [-0.05, 0) is 43.4 Å². The third-order valence-electron chi connectivity index (χ3n) is 5.16. The van der Waals surface area contributed by atoms with E-state index in [-0.39, 0.29) is 24.5 Å². The number of nitrogens with one attached hydrogen (secondary N) is 2. The Labute approximate surface area is 163 Å². The summed E-state index contributed by atoms with van der Waals surface area (Å²) >= 11 is 0. The average Bonchev–Trinajstić information content (AvgIpc) is 3.62. The first kappa shape index (κ1) is 18.2. The molecule has 0 spiro atoms. The summed E-state index contributed by atoms with van der Waals surface area (Å²) in [5, 5.41) is 5.58. The number of amides is 2. The molecule has 0 unspecified atom stereocenters. The molecule has 6 heteroatoms. The molecule has 4 rings (SSSR count). The highest BCUT2D eigenvalue weighted by atomic mass is 16.5. The summed E-state index contributed by atoms with van der Waals surface area (Å²) in [6.45, 7) is -0.383. The highest BCUT2D eigenvalue weighted by Crippen LogP contribution is 2.49. The van der Waals surface area contributed by atoms with Gasteiger partial charge in [-0.15, -0.1) is 0 Å². The van der Waals surface area contributed by atoms with Crippen LogP contribution in [0.5, 0.6) is 0 Å². The summed E-state index contributed by atoms with van der Waals surface area (Å²) in [6.07, 6.45) is 3.42. The van der Waals surface area contributed by atoms with Crippen molar-refractivity contribution in [2.75, 3.05) is 11.9 Å². The van der Waals surface area contributed by atoms with Crippen molar-refractivity contribution in [2.24, 2.45) is 0 Å². The van der Waals surface area contributed by atoms with Crippen molar-refractivity contribution in [1.82, 2.24) is 5.32 Å². The number of anilines is 1. The number of hydrogen-bond acceptors (Lipinski definition) is 4. The molecule has 0 atom stereocenters. The summed E-state index contributed by atoms with van der Waals surface area (Å²) < 4.78 is 5.28. The maximum Gasteiger partial charge on any atom is 0.317 e. The first-order valence-electron chi connectivity index (χ1n) is 9.51. The quantitative estimate of drug-likeness (QED) is 0.726. The molecule has 0 radical (unpaired) electrons. The van der Waals surface area contributed by atoms with Crippen LogP contribution >= 0.6 is 0 Å². The van der Waals surface area contributed by atoms with E-state index in [2.05, 4.69) is 10.6 Å². The van der Waals surface area contributed by atoms with Crippen molar-refractivity contribution < 1.29 is 19.1 Å². The molecule has 6 nitrogen and oxygen atoms in total. The topological polar surface area (TPSA) is 84.5 Å². The van der Waals surface area contributed by atoms with Gasteiger partial charge >= 0.3 is 5.97 Å². The van der Waals surface area contributed by atoms with Gasteiger partial charge in [-0.1, -0.05) is 42.5 Å². The van der Waals surface area contributed by atoms with Crippen LogP contribution in [0.1, 0.15) is 41.6 Å². The van der Waals surface area contributed by atoms with Crippen molar-refractivity contribution in [3.8, 4) is 0 Å². The number of ether oxygens (including phenoxy) is 1. The second-order valence-electron chi connectivity index (χ2n) is 7.37. The predicted molar refractivity (Wildman–Crippen MR) is 104 cm³/mol. The van der Waals surface area contributed by atoms with Gasteiger partial charge in [0, 0.05) is 6.04 Å². The second kappa shape index (κ2) is 7.46. The summed E-state index contributed by atoms with van der Waals surface area (Å²) in [7, 11) is 0. The Morgan fingerprint density at radius 1 is 0.964 bits per heavy atom. The van der Waals surface area contributed by atoms with Gasteiger partial charge in [-0.25, -0.2) is 0 Å².